The molecule has 0 spiro atoms. The third kappa shape index (κ3) is 7.24. The van der Waals surface area contributed by atoms with Crippen LogP contribution in [-0.2, 0) is 9.47 Å². The number of unbranched alkanes of at least 4 members (excludes halogenated alkanes) is 1. The molecule has 2 atom stereocenters. The van der Waals surface area contributed by atoms with Crippen molar-refractivity contribution >= 4 is 0 Å². The van der Waals surface area contributed by atoms with Gasteiger partial charge in [-0.25, -0.2) is 0 Å². The van der Waals surface area contributed by atoms with Crippen LogP contribution in [0.15, 0.2) is 0 Å². The minimum Gasteiger partial charge on any atom is -0.384 e. The van der Waals surface area contributed by atoms with Gasteiger partial charge >= 0.3 is 0 Å². The molecule has 0 N–H and O–H groups in total. The molecule has 0 amide bonds. The molecule has 98 valence electrons. The Labute approximate surface area is 102 Å². The van der Waals surface area contributed by atoms with E-state index in [0.29, 0.717) is 12.0 Å². The molecule has 0 saturated carbocycles. The second-order valence-corrected chi connectivity index (χ2v) is 5.10. The van der Waals surface area contributed by atoms with Gasteiger partial charge in [-0.1, -0.05) is 40.0 Å². The lowest BCUT2D eigenvalue weighted by atomic mass is 9.91. The summed E-state index contributed by atoms with van der Waals surface area (Å²) in [6, 6.07) is 0. The standard InChI is InChI=1S/C14H30O2/c1-6-7-8-14(16-5)13(11-15-4)10-9-12(2)3/h12-14H,6-11H2,1-5H3. The third-order valence-corrected chi connectivity index (χ3v) is 3.17. The monoisotopic (exact) mass is 230 g/mol. The second kappa shape index (κ2) is 10.1. The first-order valence-electron chi connectivity index (χ1n) is 6.67. The van der Waals surface area contributed by atoms with Gasteiger partial charge in [-0.3, -0.25) is 0 Å². The van der Waals surface area contributed by atoms with Gasteiger partial charge in [0.1, 0.15) is 0 Å². The van der Waals surface area contributed by atoms with Crippen molar-refractivity contribution in [3.8, 4) is 0 Å². The van der Waals surface area contributed by atoms with Crippen LogP contribution < -0.4 is 0 Å². The van der Waals surface area contributed by atoms with E-state index >= 15 is 0 Å². The van der Waals surface area contributed by atoms with Gasteiger partial charge in [-0.05, 0) is 18.8 Å². The Kier molecular flexibility index (Phi) is 10.0. The number of hydrogen-bond donors (Lipinski definition) is 0. The summed E-state index contributed by atoms with van der Waals surface area (Å²) in [7, 11) is 3.62. The van der Waals surface area contributed by atoms with Crippen LogP contribution in [0.4, 0.5) is 0 Å². The Morgan fingerprint density at radius 3 is 2.12 bits per heavy atom. The zero-order chi connectivity index (χ0) is 12.4. The SMILES string of the molecule is CCCCC(OC)C(CCC(C)C)COC. The molecular weight excluding hydrogens is 200 g/mol. The average molecular weight is 230 g/mol. The van der Waals surface area contributed by atoms with E-state index in [1.54, 1.807) is 7.11 Å². The fourth-order valence-corrected chi connectivity index (χ4v) is 2.09. The van der Waals surface area contributed by atoms with Crippen LogP contribution in [0.1, 0.15) is 52.9 Å². The highest BCUT2D eigenvalue weighted by atomic mass is 16.5. The molecule has 0 aliphatic carbocycles. The summed E-state index contributed by atoms with van der Waals surface area (Å²) in [6.45, 7) is 7.61. The predicted molar refractivity (Wildman–Crippen MR) is 69.8 cm³/mol. The second-order valence-electron chi connectivity index (χ2n) is 5.10. The van der Waals surface area contributed by atoms with Crippen molar-refractivity contribution in [2.24, 2.45) is 11.8 Å². The lowest BCUT2D eigenvalue weighted by Gasteiger charge is -2.26. The van der Waals surface area contributed by atoms with Gasteiger partial charge in [0.25, 0.3) is 0 Å². The quantitative estimate of drug-likeness (QED) is 0.567. The smallest absolute Gasteiger partial charge is 0.0621 e. The van der Waals surface area contributed by atoms with Crippen molar-refractivity contribution in [1.82, 2.24) is 0 Å². The molecule has 0 aromatic heterocycles. The largest absolute Gasteiger partial charge is 0.384 e. The molecule has 0 aromatic carbocycles. The molecule has 0 aliphatic heterocycles. The molecule has 2 heteroatoms. The number of hydrogen-bond acceptors (Lipinski definition) is 2. The Morgan fingerprint density at radius 1 is 1.00 bits per heavy atom. The Bertz CT molecular complexity index is 146. The maximum absolute atomic E-state index is 5.62. The van der Waals surface area contributed by atoms with Gasteiger partial charge < -0.3 is 9.47 Å². The summed E-state index contributed by atoms with van der Waals surface area (Å²) in [5.41, 5.74) is 0. The van der Waals surface area contributed by atoms with E-state index in [9.17, 15) is 0 Å². The van der Waals surface area contributed by atoms with Crippen LogP contribution >= 0.6 is 0 Å². The van der Waals surface area contributed by atoms with Crippen molar-refractivity contribution in [2.75, 3.05) is 20.8 Å². The molecule has 2 nitrogen and oxygen atoms in total. The van der Waals surface area contributed by atoms with Gasteiger partial charge in [0.15, 0.2) is 0 Å². The summed E-state index contributed by atoms with van der Waals surface area (Å²) < 4.78 is 10.9. The fraction of sp³-hybridized carbons (Fsp3) is 1.00. The maximum Gasteiger partial charge on any atom is 0.0621 e. The normalized spacial score (nSPS) is 15.4. The lowest BCUT2D eigenvalue weighted by molar-refractivity contribution is 0.00298. The van der Waals surface area contributed by atoms with Crippen LogP contribution in [0, 0.1) is 11.8 Å². The molecule has 0 rings (SSSR count). The van der Waals surface area contributed by atoms with Gasteiger partial charge in [0.2, 0.25) is 0 Å². The van der Waals surface area contributed by atoms with Crippen molar-refractivity contribution in [1.29, 1.82) is 0 Å². The van der Waals surface area contributed by atoms with E-state index < -0.39 is 0 Å². The van der Waals surface area contributed by atoms with E-state index in [0.717, 1.165) is 12.5 Å². The van der Waals surface area contributed by atoms with Crippen LogP contribution in [0.25, 0.3) is 0 Å². The minimum atomic E-state index is 0.374. The Balaban J connectivity index is 4.10. The van der Waals surface area contributed by atoms with Crippen molar-refractivity contribution < 1.29 is 9.47 Å². The van der Waals surface area contributed by atoms with Gasteiger partial charge in [0, 0.05) is 20.1 Å². The summed E-state index contributed by atoms with van der Waals surface area (Å²) in [4.78, 5) is 0. The highest BCUT2D eigenvalue weighted by Gasteiger charge is 2.20. The van der Waals surface area contributed by atoms with E-state index in [4.69, 9.17) is 9.47 Å². The first kappa shape index (κ1) is 15.9. The van der Waals surface area contributed by atoms with E-state index in [1.165, 1.54) is 32.1 Å². The molecular formula is C14H30O2. The highest BCUT2D eigenvalue weighted by molar-refractivity contribution is 4.71. The number of rotatable bonds is 10. The van der Waals surface area contributed by atoms with Crippen LogP contribution in [0.3, 0.4) is 0 Å². The van der Waals surface area contributed by atoms with Crippen LogP contribution in [0.2, 0.25) is 0 Å². The summed E-state index contributed by atoms with van der Waals surface area (Å²) in [6.07, 6.45) is 6.51. The van der Waals surface area contributed by atoms with Crippen LogP contribution in [-0.4, -0.2) is 26.9 Å². The number of methoxy groups -OCH3 is 2. The highest BCUT2D eigenvalue weighted by Crippen LogP contribution is 2.21. The molecule has 0 saturated heterocycles. The van der Waals surface area contributed by atoms with E-state index in [-0.39, 0.29) is 0 Å². The molecule has 2 unspecified atom stereocenters. The lowest BCUT2D eigenvalue weighted by Crippen LogP contribution is -2.27. The van der Waals surface area contributed by atoms with Crippen LogP contribution in [0.5, 0.6) is 0 Å². The first-order chi connectivity index (χ1) is 7.65. The van der Waals surface area contributed by atoms with Gasteiger partial charge in [0.05, 0.1) is 12.7 Å². The van der Waals surface area contributed by atoms with Gasteiger partial charge in [-0.15, -0.1) is 0 Å². The molecule has 0 fully saturated rings. The van der Waals surface area contributed by atoms with E-state index in [1.807, 2.05) is 7.11 Å². The fourth-order valence-electron chi connectivity index (χ4n) is 2.09. The molecule has 16 heavy (non-hydrogen) atoms. The van der Waals surface area contributed by atoms with Crippen molar-refractivity contribution in [2.45, 2.75) is 59.0 Å². The topological polar surface area (TPSA) is 18.5 Å². The predicted octanol–water partition coefficient (Wildman–Crippen LogP) is 3.89. The minimum absolute atomic E-state index is 0.374. The first-order valence-corrected chi connectivity index (χ1v) is 6.67. The zero-order valence-corrected chi connectivity index (χ0v) is 11.8. The van der Waals surface area contributed by atoms with Crippen molar-refractivity contribution in [3.63, 3.8) is 0 Å². The number of ether oxygens (including phenoxy) is 2. The van der Waals surface area contributed by atoms with E-state index in [2.05, 4.69) is 20.8 Å². The molecule has 0 aliphatic rings. The molecule has 0 aromatic rings. The molecule has 0 bridgehead atoms. The Hall–Kier alpha value is -0.0800. The van der Waals surface area contributed by atoms with Gasteiger partial charge in [-0.2, -0.15) is 0 Å². The molecule has 0 heterocycles. The summed E-state index contributed by atoms with van der Waals surface area (Å²) >= 11 is 0. The summed E-state index contributed by atoms with van der Waals surface area (Å²) in [5.74, 6) is 1.33. The Morgan fingerprint density at radius 2 is 1.69 bits per heavy atom. The molecule has 0 radical (unpaired) electrons. The third-order valence-electron chi connectivity index (χ3n) is 3.17. The summed E-state index contributed by atoms with van der Waals surface area (Å²) in [5, 5.41) is 0. The zero-order valence-electron chi connectivity index (χ0n) is 11.8. The average Bonchev–Trinajstić information content (AvgIpc) is 2.26. The maximum atomic E-state index is 5.62. The van der Waals surface area contributed by atoms with Crippen molar-refractivity contribution in [3.05, 3.63) is 0 Å².